The van der Waals surface area contributed by atoms with Gasteiger partial charge in [0.2, 0.25) is 11.9 Å². The predicted octanol–water partition coefficient (Wildman–Crippen LogP) is 3.06. The molecule has 1 aliphatic rings. The Morgan fingerprint density at radius 2 is 2.17 bits per heavy atom. The number of benzene rings is 1. The lowest BCUT2D eigenvalue weighted by Gasteiger charge is -2.13. The molecule has 2 N–H and O–H groups in total. The summed E-state index contributed by atoms with van der Waals surface area (Å²) >= 11 is 0. The summed E-state index contributed by atoms with van der Waals surface area (Å²) in [7, 11) is 0. The molecule has 5 heteroatoms. The van der Waals surface area contributed by atoms with Crippen molar-refractivity contribution in [3.8, 4) is 0 Å². The Kier molecular flexibility index (Phi) is 4.55. The number of rotatable bonds is 5. The van der Waals surface area contributed by atoms with Crippen molar-refractivity contribution in [1.82, 2.24) is 9.97 Å². The summed E-state index contributed by atoms with van der Waals surface area (Å²) in [5.74, 6) is 0.667. The third-order valence-corrected chi connectivity index (χ3v) is 4.53. The van der Waals surface area contributed by atoms with E-state index in [1.165, 1.54) is 0 Å². The maximum atomic E-state index is 12.2. The number of hydrogen-bond acceptors (Lipinski definition) is 3. The van der Waals surface area contributed by atoms with Crippen LogP contribution in [0.25, 0.3) is 0 Å². The molecule has 1 aliphatic carbocycles. The normalized spacial score (nSPS) is 18.8. The Morgan fingerprint density at radius 3 is 2.78 bits per heavy atom. The van der Waals surface area contributed by atoms with Gasteiger partial charge >= 0.3 is 0 Å². The third kappa shape index (κ3) is 3.67. The highest BCUT2D eigenvalue weighted by molar-refractivity contribution is 5.94. The van der Waals surface area contributed by atoms with Crippen LogP contribution in [-0.2, 0) is 16.0 Å². The summed E-state index contributed by atoms with van der Waals surface area (Å²) in [6.45, 7) is 1.87. The SMILES string of the molecule is C[C@H](C(=O)Nc1ncc[nH]1)c1ccc(C[C@H]2CCCC2=O)cc1. The van der Waals surface area contributed by atoms with Crippen molar-refractivity contribution in [2.75, 3.05) is 5.32 Å². The number of Topliss-reactive ketones (excluding diaryl/α,β-unsaturated/α-hetero) is 1. The van der Waals surface area contributed by atoms with E-state index in [1.807, 2.05) is 31.2 Å². The van der Waals surface area contributed by atoms with E-state index in [2.05, 4.69) is 15.3 Å². The van der Waals surface area contributed by atoms with Gasteiger partial charge in [0.25, 0.3) is 0 Å². The molecule has 0 unspecified atom stereocenters. The number of ketones is 1. The largest absolute Gasteiger partial charge is 0.331 e. The van der Waals surface area contributed by atoms with Crippen LogP contribution in [0, 0.1) is 5.92 Å². The maximum absolute atomic E-state index is 12.2. The molecule has 0 aliphatic heterocycles. The Morgan fingerprint density at radius 1 is 1.39 bits per heavy atom. The molecule has 3 rings (SSSR count). The molecular formula is C18H21N3O2. The fraction of sp³-hybridized carbons (Fsp3) is 0.389. The van der Waals surface area contributed by atoms with Gasteiger partial charge in [-0.05, 0) is 37.3 Å². The first kappa shape index (κ1) is 15.5. The predicted molar refractivity (Wildman–Crippen MR) is 88.1 cm³/mol. The number of aromatic nitrogens is 2. The number of aromatic amines is 1. The Bertz CT molecular complexity index is 677. The quantitative estimate of drug-likeness (QED) is 0.891. The molecule has 0 saturated heterocycles. The van der Waals surface area contributed by atoms with Crippen LogP contribution in [0.3, 0.4) is 0 Å². The van der Waals surface area contributed by atoms with Crippen molar-refractivity contribution in [3.63, 3.8) is 0 Å². The van der Waals surface area contributed by atoms with Crippen LogP contribution in [0.5, 0.6) is 0 Å². The van der Waals surface area contributed by atoms with Crippen molar-refractivity contribution < 1.29 is 9.59 Å². The van der Waals surface area contributed by atoms with E-state index in [4.69, 9.17) is 0 Å². The van der Waals surface area contributed by atoms with Gasteiger partial charge in [-0.2, -0.15) is 0 Å². The molecule has 0 bridgehead atoms. The van der Waals surface area contributed by atoms with Gasteiger partial charge in [-0.25, -0.2) is 4.98 Å². The van der Waals surface area contributed by atoms with Crippen molar-refractivity contribution in [2.45, 2.75) is 38.5 Å². The number of nitrogens with one attached hydrogen (secondary N) is 2. The van der Waals surface area contributed by atoms with Crippen molar-refractivity contribution in [1.29, 1.82) is 0 Å². The fourth-order valence-electron chi connectivity index (χ4n) is 3.04. The van der Waals surface area contributed by atoms with E-state index in [9.17, 15) is 9.59 Å². The number of carbonyl (C=O) groups excluding carboxylic acids is 2. The number of H-pyrrole nitrogens is 1. The maximum Gasteiger partial charge on any atom is 0.233 e. The summed E-state index contributed by atoms with van der Waals surface area (Å²) < 4.78 is 0. The minimum Gasteiger partial charge on any atom is -0.331 e. The monoisotopic (exact) mass is 311 g/mol. The number of imidazole rings is 1. The molecule has 1 aromatic carbocycles. The zero-order valence-electron chi connectivity index (χ0n) is 13.2. The average Bonchev–Trinajstić information content (AvgIpc) is 3.20. The second kappa shape index (κ2) is 6.77. The minimum absolute atomic E-state index is 0.0985. The van der Waals surface area contributed by atoms with Crippen molar-refractivity contribution in [3.05, 3.63) is 47.8 Å². The van der Waals surface area contributed by atoms with Gasteiger partial charge in [0.05, 0.1) is 5.92 Å². The lowest BCUT2D eigenvalue weighted by molar-refractivity contribution is -0.120. The Balaban J connectivity index is 1.61. The van der Waals surface area contributed by atoms with Crippen molar-refractivity contribution >= 4 is 17.6 Å². The molecule has 0 spiro atoms. The van der Waals surface area contributed by atoms with Crippen LogP contribution in [0.2, 0.25) is 0 Å². The second-order valence-electron chi connectivity index (χ2n) is 6.15. The summed E-state index contributed by atoms with van der Waals surface area (Å²) in [4.78, 5) is 30.8. The van der Waals surface area contributed by atoms with Crippen LogP contribution in [0.4, 0.5) is 5.95 Å². The average molecular weight is 311 g/mol. The molecule has 2 atom stereocenters. The highest BCUT2D eigenvalue weighted by Gasteiger charge is 2.24. The first-order chi connectivity index (χ1) is 11.1. The molecule has 5 nitrogen and oxygen atoms in total. The van der Waals surface area contributed by atoms with Crippen LogP contribution >= 0.6 is 0 Å². The molecule has 2 aromatic rings. The van der Waals surface area contributed by atoms with E-state index >= 15 is 0 Å². The minimum atomic E-state index is -0.262. The van der Waals surface area contributed by atoms with E-state index in [1.54, 1.807) is 12.4 Å². The molecule has 0 radical (unpaired) electrons. The van der Waals surface area contributed by atoms with Gasteiger partial charge in [0, 0.05) is 24.7 Å². The van der Waals surface area contributed by atoms with E-state index in [0.717, 1.165) is 36.8 Å². The molecule has 1 saturated carbocycles. The highest BCUT2D eigenvalue weighted by atomic mass is 16.2. The van der Waals surface area contributed by atoms with Crippen molar-refractivity contribution in [2.24, 2.45) is 5.92 Å². The van der Waals surface area contributed by atoms with Gasteiger partial charge in [-0.15, -0.1) is 0 Å². The smallest absolute Gasteiger partial charge is 0.233 e. The number of anilines is 1. The Hall–Kier alpha value is -2.43. The Labute approximate surface area is 135 Å². The van der Waals surface area contributed by atoms with E-state index in [0.29, 0.717) is 11.7 Å². The summed E-state index contributed by atoms with van der Waals surface area (Å²) in [5.41, 5.74) is 2.11. The summed E-state index contributed by atoms with van der Waals surface area (Å²) in [6, 6.07) is 8.00. The number of nitrogens with zero attached hydrogens (tertiary/aromatic N) is 1. The molecule has 120 valence electrons. The lowest BCUT2D eigenvalue weighted by Crippen LogP contribution is -2.19. The first-order valence-corrected chi connectivity index (χ1v) is 8.05. The molecule has 23 heavy (non-hydrogen) atoms. The summed E-state index contributed by atoms with van der Waals surface area (Å²) in [5, 5.41) is 2.75. The van der Waals surface area contributed by atoms with E-state index < -0.39 is 0 Å². The van der Waals surface area contributed by atoms with Gasteiger partial charge in [-0.3, -0.25) is 14.9 Å². The van der Waals surface area contributed by atoms with E-state index in [-0.39, 0.29) is 17.7 Å². The first-order valence-electron chi connectivity index (χ1n) is 8.05. The van der Waals surface area contributed by atoms with Gasteiger partial charge in [0.1, 0.15) is 5.78 Å². The van der Waals surface area contributed by atoms with Crippen LogP contribution in [0.1, 0.15) is 43.2 Å². The topological polar surface area (TPSA) is 74.8 Å². The standard InChI is InChI=1S/C18H21N3O2/c1-12(17(23)21-18-19-9-10-20-18)14-7-5-13(6-8-14)11-15-3-2-4-16(15)22/h5-10,12,15H,2-4,11H2,1H3,(H2,19,20,21,23)/t12-,15+/m0/s1. The number of hydrogen-bond donors (Lipinski definition) is 2. The zero-order valence-corrected chi connectivity index (χ0v) is 13.2. The van der Waals surface area contributed by atoms with Gasteiger partial charge < -0.3 is 4.98 Å². The molecule has 1 fully saturated rings. The van der Waals surface area contributed by atoms with Crippen LogP contribution < -0.4 is 5.32 Å². The number of amides is 1. The second-order valence-corrected chi connectivity index (χ2v) is 6.15. The van der Waals surface area contributed by atoms with Crippen LogP contribution in [-0.4, -0.2) is 21.7 Å². The molecule has 1 amide bonds. The molecule has 1 heterocycles. The number of carbonyl (C=O) groups is 2. The fourth-order valence-corrected chi connectivity index (χ4v) is 3.04. The third-order valence-electron chi connectivity index (χ3n) is 4.53. The lowest BCUT2D eigenvalue weighted by atomic mass is 9.94. The van der Waals surface area contributed by atoms with Gasteiger partial charge in [0.15, 0.2) is 0 Å². The van der Waals surface area contributed by atoms with Crippen LogP contribution in [0.15, 0.2) is 36.7 Å². The zero-order chi connectivity index (χ0) is 16.2. The molecular weight excluding hydrogens is 290 g/mol. The van der Waals surface area contributed by atoms with Gasteiger partial charge in [-0.1, -0.05) is 24.3 Å². The molecule has 1 aromatic heterocycles. The summed E-state index contributed by atoms with van der Waals surface area (Å²) in [6.07, 6.45) is 6.83. The highest BCUT2D eigenvalue weighted by Crippen LogP contribution is 2.26.